The van der Waals surface area contributed by atoms with Crippen molar-refractivity contribution in [1.29, 1.82) is 0 Å². The standard InChI is InChI=1S/C17H20FNO2/c1-3-13-4-9-16(17(12-13)20-2)21-11-10-19-15-7-5-14(18)6-8-15/h4-9,12,19H,3,10-11H2,1-2H3. The molecule has 112 valence electrons. The number of methoxy groups -OCH3 is 1. The fourth-order valence-electron chi connectivity index (χ4n) is 1.98. The minimum atomic E-state index is -0.238. The monoisotopic (exact) mass is 289 g/mol. The molecule has 0 unspecified atom stereocenters. The van der Waals surface area contributed by atoms with Gasteiger partial charge in [0.05, 0.1) is 7.11 Å². The van der Waals surface area contributed by atoms with Gasteiger partial charge in [0, 0.05) is 12.2 Å². The maximum Gasteiger partial charge on any atom is 0.161 e. The van der Waals surface area contributed by atoms with E-state index in [-0.39, 0.29) is 5.82 Å². The van der Waals surface area contributed by atoms with Gasteiger partial charge >= 0.3 is 0 Å². The summed E-state index contributed by atoms with van der Waals surface area (Å²) in [7, 11) is 1.64. The molecular weight excluding hydrogens is 269 g/mol. The third kappa shape index (κ3) is 4.38. The molecule has 0 fully saturated rings. The van der Waals surface area contributed by atoms with E-state index in [1.807, 2.05) is 18.2 Å². The molecule has 2 aromatic rings. The molecule has 0 saturated heterocycles. The minimum Gasteiger partial charge on any atom is -0.493 e. The van der Waals surface area contributed by atoms with E-state index in [1.54, 1.807) is 19.2 Å². The van der Waals surface area contributed by atoms with Gasteiger partial charge in [0.15, 0.2) is 11.5 Å². The Morgan fingerprint density at radius 1 is 1.05 bits per heavy atom. The average molecular weight is 289 g/mol. The maximum absolute atomic E-state index is 12.8. The quantitative estimate of drug-likeness (QED) is 0.784. The number of benzene rings is 2. The predicted octanol–water partition coefficient (Wildman–Crippen LogP) is 3.89. The Labute approximate surface area is 124 Å². The number of rotatable bonds is 7. The Hall–Kier alpha value is -2.23. The van der Waals surface area contributed by atoms with Gasteiger partial charge in [0.2, 0.25) is 0 Å². The molecule has 1 N–H and O–H groups in total. The van der Waals surface area contributed by atoms with E-state index in [2.05, 4.69) is 12.2 Å². The van der Waals surface area contributed by atoms with Crippen LogP contribution in [0.4, 0.5) is 10.1 Å². The van der Waals surface area contributed by atoms with Gasteiger partial charge in [-0.2, -0.15) is 0 Å². The van der Waals surface area contributed by atoms with E-state index in [9.17, 15) is 4.39 Å². The van der Waals surface area contributed by atoms with Crippen LogP contribution in [0.3, 0.4) is 0 Å². The molecule has 0 aliphatic carbocycles. The van der Waals surface area contributed by atoms with Crippen molar-refractivity contribution in [2.45, 2.75) is 13.3 Å². The molecule has 2 aromatic carbocycles. The van der Waals surface area contributed by atoms with Crippen LogP contribution in [0.5, 0.6) is 11.5 Å². The molecule has 0 saturated carbocycles. The lowest BCUT2D eigenvalue weighted by molar-refractivity contribution is 0.305. The Kier molecular flexibility index (Phi) is 5.43. The summed E-state index contributed by atoms with van der Waals surface area (Å²) in [5.74, 6) is 1.24. The van der Waals surface area contributed by atoms with Gasteiger partial charge in [-0.05, 0) is 48.4 Å². The van der Waals surface area contributed by atoms with Crippen molar-refractivity contribution in [3.8, 4) is 11.5 Å². The molecular formula is C17H20FNO2. The van der Waals surface area contributed by atoms with E-state index in [0.29, 0.717) is 13.2 Å². The predicted molar refractivity (Wildman–Crippen MR) is 82.8 cm³/mol. The molecule has 2 rings (SSSR count). The second-order valence-electron chi connectivity index (χ2n) is 4.62. The molecule has 0 radical (unpaired) electrons. The molecule has 0 aromatic heterocycles. The number of anilines is 1. The molecule has 0 spiro atoms. The summed E-state index contributed by atoms with van der Waals surface area (Å²) in [6, 6.07) is 12.2. The van der Waals surface area contributed by atoms with Crippen LogP contribution in [0.2, 0.25) is 0 Å². The number of ether oxygens (including phenoxy) is 2. The highest BCUT2D eigenvalue weighted by molar-refractivity contribution is 5.44. The third-order valence-corrected chi connectivity index (χ3v) is 3.17. The zero-order chi connectivity index (χ0) is 15.1. The van der Waals surface area contributed by atoms with Crippen LogP contribution >= 0.6 is 0 Å². The van der Waals surface area contributed by atoms with Crippen molar-refractivity contribution in [3.63, 3.8) is 0 Å². The van der Waals surface area contributed by atoms with Crippen molar-refractivity contribution in [1.82, 2.24) is 0 Å². The van der Waals surface area contributed by atoms with Crippen LogP contribution < -0.4 is 14.8 Å². The first-order valence-corrected chi connectivity index (χ1v) is 7.02. The van der Waals surface area contributed by atoms with Crippen molar-refractivity contribution in [2.75, 3.05) is 25.6 Å². The minimum absolute atomic E-state index is 0.238. The fraction of sp³-hybridized carbons (Fsp3) is 0.294. The van der Waals surface area contributed by atoms with Crippen LogP contribution in [0.25, 0.3) is 0 Å². The van der Waals surface area contributed by atoms with Crippen LogP contribution in [0, 0.1) is 5.82 Å². The Balaban J connectivity index is 1.84. The summed E-state index contributed by atoms with van der Waals surface area (Å²) in [6.07, 6.45) is 0.961. The van der Waals surface area contributed by atoms with E-state index in [1.165, 1.54) is 17.7 Å². The third-order valence-electron chi connectivity index (χ3n) is 3.17. The Bertz CT molecular complexity index is 570. The molecule has 0 atom stereocenters. The van der Waals surface area contributed by atoms with Gasteiger partial charge in [0.1, 0.15) is 12.4 Å². The molecule has 0 aliphatic rings. The van der Waals surface area contributed by atoms with Crippen molar-refractivity contribution in [2.24, 2.45) is 0 Å². The highest BCUT2D eigenvalue weighted by atomic mass is 19.1. The van der Waals surface area contributed by atoms with Crippen molar-refractivity contribution in [3.05, 3.63) is 53.8 Å². The summed E-state index contributed by atoms with van der Waals surface area (Å²) >= 11 is 0. The van der Waals surface area contributed by atoms with Gasteiger partial charge < -0.3 is 14.8 Å². The average Bonchev–Trinajstić information content (AvgIpc) is 2.53. The Morgan fingerprint density at radius 3 is 2.48 bits per heavy atom. The number of halogens is 1. The first kappa shape index (κ1) is 15.2. The summed E-state index contributed by atoms with van der Waals surface area (Å²) in [4.78, 5) is 0. The number of nitrogens with one attached hydrogen (secondary N) is 1. The first-order valence-electron chi connectivity index (χ1n) is 7.02. The van der Waals surface area contributed by atoms with Crippen LogP contribution in [0.15, 0.2) is 42.5 Å². The zero-order valence-electron chi connectivity index (χ0n) is 12.4. The van der Waals surface area contributed by atoms with Crippen LogP contribution in [0.1, 0.15) is 12.5 Å². The van der Waals surface area contributed by atoms with E-state index < -0.39 is 0 Å². The van der Waals surface area contributed by atoms with Gasteiger partial charge in [-0.3, -0.25) is 0 Å². The van der Waals surface area contributed by atoms with Gasteiger partial charge in [-0.1, -0.05) is 13.0 Å². The maximum atomic E-state index is 12.8. The van der Waals surface area contributed by atoms with Crippen molar-refractivity contribution >= 4 is 5.69 Å². The smallest absolute Gasteiger partial charge is 0.161 e. The SMILES string of the molecule is CCc1ccc(OCCNc2ccc(F)cc2)c(OC)c1. The molecule has 0 heterocycles. The fourth-order valence-corrected chi connectivity index (χ4v) is 1.98. The van der Waals surface area contributed by atoms with Gasteiger partial charge in [-0.25, -0.2) is 4.39 Å². The lowest BCUT2D eigenvalue weighted by Crippen LogP contribution is -2.11. The lowest BCUT2D eigenvalue weighted by atomic mass is 10.1. The lowest BCUT2D eigenvalue weighted by Gasteiger charge is -2.12. The normalized spacial score (nSPS) is 10.2. The second kappa shape index (κ2) is 7.53. The summed E-state index contributed by atoms with van der Waals surface area (Å²) < 4.78 is 23.8. The largest absolute Gasteiger partial charge is 0.493 e. The molecule has 3 nitrogen and oxygen atoms in total. The summed E-state index contributed by atoms with van der Waals surface area (Å²) in [6.45, 7) is 3.23. The Morgan fingerprint density at radius 2 is 1.81 bits per heavy atom. The van der Waals surface area contributed by atoms with Gasteiger partial charge in [-0.15, -0.1) is 0 Å². The summed E-state index contributed by atoms with van der Waals surface area (Å²) in [5.41, 5.74) is 2.08. The number of hydrogen-bond donors (Lipinski definition) is 1. The van der Waals surface area contributed by atoms with Crippen LogP contribution in [-0.2, 0) is 6.42 Å². The van der Waals surface area contributed by atoms with E-state index in [4.69, 9.17) is 9.47 Å². The molecule has 0 amide bonds. The van der Waals surface area contributed by atoms with E-state index in [0.717, 1.165) is 23.6 Å². The summed E-state index contributed by atoms with van der Waals surface area (Å²) in [5, 5.41) is 3.17. The van der Waals surface area contributed by atoms with Gasteiger partial charge in [0.25, 0.3) is 0 Å². The first-order chi connectivity index (χ1) is 10.2. The number of aryl methyl sites for hydroxylation is 1. The molecule has 21 heavy (non-hydrogen) atoms. The van der Waals surface area contributed by atoms with Crippen LogP contribution in [-0.4, -0.2) is 20.3 Å². The second-order valence-corrected chi connectivity index (χ2v) is 4.62. The zero-order valence-corrected chi connectivity index (χ0v) is 12.4. The molecule has 0 bridgehead atoms. The van der Waals surface area contributed by atoms with E-state index >= 15 is 0 Å². The number of hydrogen-bond acceptors (Lipinski definition) is 3. The highest BCUT2D eigenvalue weighted by Crippen LogP contribution is 2.28. The van der Waals surface area contributed by atoms with Crippen molar-refractivity contribution < 1.29 is 13.9 Å². The molecule has 4 heteroatoms. The molecule has 0 aliphatic heterocycles. The highest BCUT2D eigenvalue weighted by Gasteiger charge is 2.04. The topological polar surface area (TPSA) is 30.5 Å².